The summed E-state index contributed by atoms with van der Waals surface area (Å²) in [5.74, 6) is 0. The molecule has 3 nitrogen and oxygen atoms in total. The molecule has 0 aliphatic heterocycles. The van der Waals surface area contributed by atoms with Crippen LogP contribution in [0.15, 0.2) is 140 Å². The Hall–Kier alpha value is -5.59. The Balaban J connectivity index is 1.36. The highest BCUT2D eigenvalue weighted by Crippen LogP contribution is 2.38. The molecule has 186 valence electrons. The van der Waals surface area contributed by atoms with Gasteiger partial charge in [-0.05, 0) is 77.9 Å². The van der Waals surface area contributed by atoms with Crippen LogP contribution in [-0.4, -0.2) is 9.13 Å². The molecule has 0 N–H and O–H groups in total. The molecule has 3 heteroatoms. The third-order valence-corrected chi connectivity index (χ3v) is 7.95. The van der Waals surface area contributed by atoms with Crippen LogP contribution >= 0.6 is 0 Å². The lowest BCUT2D eigenvalue weighted by atomic mass is 10.0. The van der Waals surface area contributed by atoms with Crippen LogP contribution in [0.25, 0.3) is 66.1 Å². The Morgan fingerprint density at radius 3 is 1.65 bits per heavy atom. The third-order valence-electron chi connectivity index (χ3n) is 7.95. The molecule has 0 fully saturated rings. The molecule has 0 spiro atoms. The first-order valence-corrected chi connectivity index (χ1v) is 13.4. The van der Waals surface area contributed by atoms with Gasteiger partial charge in [0.05, 0.1) is 33.7 Å². The lowest BCUT2D eigenvalue weighted by Crippen LogP contribution is -1.94. The molecule has 0 aliphatic carbocycles. The van der Waals surface area contributed by atoms with Crippen LogP contribution < -0.4 is 0 Å². The van der Waals surface area contributed by atoms with Gasteiger partial charge in [-0.3, -0.25) is 0 Å². The van der Waals surface area contributed by atoms with Crippen LogP contribution in [0.2, 0.25) is 0 Å². The first kappa shape index (κ1) is 22.4. The Kier molecular flexibility index (Phi) is 4.89. The van der Waals surface area contributed by atoms with E-state index in [-0.39, 0.29) is 0 Å². The van der Waals surface area contributed by atoms with Crippen LogP contribution in [0.4, 0.5) is 0 Å². The van der Waals surface area contributed by atoms with Crippen molar-refractivity contribution < 1.29 is 0 Å². The summed E-state index contributed by atoms with van der Waals surface area (Å²) in [6.07, 6.45) is 0. The van der Waals surface area contributed by atoms with Crippen LogP contribution in [0, 0.1) is 11.3 Å². The second kappa shape index (κ2) is 8.73. The molecule has 0 bridgehead atoms. The minimum absolute atomic E-state index is 0.662. The molecule has 2 heterocycles. The van der Waals surface area contributed by atoms with Gasteiger partial charge in [0.1, 0.15) is 0 Å². The number of rotatable bonds is 3. The van der Waals surface area contributed by atoms with Crippen molar-refractivity contribution >= 4 is 43.6 Å². The van der Waals surface area contributed by atoms with Gasteiger partial charge in [0.15, 0.2) is 0 Å². The maximum absolute atomic E-state index is 9.27. The zero-order chi connectivity index (χ0) is 26.6. The number of hydrogen-bond donors (Lipinski definition) is 0. The fourth-order valence-electron chi connectivity index (χ4n) is 6.12. The number of aromatic nitrogens is 2. The highest BCUT2D eigenvalue weighted by atomic mass is 15.0. The number of nitriles is 1. The highest BCUT2D eigenvalue weighted by Gasteiger charge is 2.15. The second-order valence-electron chi connectivity index (χ2n) is 10.2. The van der Waals surface area contributed by atoms with E-state index < -0.39 is 0 Å². The average Bonchev–Trinajstić information content (AvgIpc) is 3.53. The van der Waals surface area contributed by atoms with E-state index in [2.05, 4.69) is 130 Å². The first-order valence-electron chi connectivity index (χ1n) is 13.4. The van der Waals surface area contributed by atoms with Gasteiger partial charge >= 0.3 is 0 Å². The van der Waals surface area contributed by atoms with Crippen LogP contribution in [0.5, 0.6) is 0 Å². The summed E-state index contributed by atoms with van der Waals surface area (Å²) in [5.41, 5.74) is 9.94. The van der Waals surface area contributed by atoms with E-state index in [9.17, 15) is 5.26 Å². The van der Waals surface area contributed by atoms with Crippen molar-refractivity contribution in [2.24, 2.45) is 0 Å². The second-order valence-corrected chi connectivity index (χ2v) is 10.2. The van der Waals surface area contributed by atoms with E-state index in [4.69, 9.17) is 0 Å². The van der Waals surface area contributed by atoms with Crippen LogP contribution in [-0.2, 0) is 0 Å². The van der Waals surface area contributed by atoms with Crippen molar-refractivity contribution in [1.29, 1.82) is 5.26 Å². The zero-order valence-corrected chi connectivity index (χ0v) is 21.6. The third kappa shape index (κ3) is 3.30. The van der Waals surface area contributed by atoms with Gasteiger partial charge in [0.2, 0.25) is 0 Å². The van der Waals surface area contributed by atoms with Crippen molar-refractivity contribution in [1.82, 2.24) is 9.13 Å². The Labute approximate surface area is 231 Å². The summed E-state index contributed by atoms with van der Waals surface area (Å²) in [7, 11) is 0. The minimum Gasteiger partial charge on any atom is -0.309 e. The zero-order valence-electron chi connectivity index (χ0n) is 21.6. The molecule has 0 atom stereocenters. The fourth-order valence-corrected chi connectivity index (χ4v) is 6.12. The Morgan fingerprint density at radius 2 is 0.925 bits per heavy atom. The van der Waals surface area contributed by atoms with E-state index in [0.29, 0.717) is 5.56 Å². The predicted octanol–water partition coefficient (Wildman–Crippen LogP) is 9.42. The molecule has 8 aromatic rings. The summed E-state index contributed by atoms with van der Waals surface area (Å²) in [5, 5.41) is 14.2. The average molecular weight is 510 g/mol. The van der Waals surface area contributed by atoms with Gasteiger partial charge < -0.3 is 9.13 Å². The molecule has 0 amide bonds. The normalized spacial score (nSPS) is 11.5. The SMILES string of the molecule is N#Cc1ccc(-n2c3ccccc3c3cc(-c4ccc5c6ccccc6n(-c6ccccc6)c5c4)ccc32)cc1. The molecular formula is C37H23N3. The molecule has 2 aromatic heterocycles. The van der Waals surface area contributed by atoms with Crippen molar-refractivity contribution in [2.45, 2.75) is 0 Å². The van der Waals surface area contributed by atoms with E-state index in [0.717, 1.165) is 22.4 Å². The van der Waals surface area contributed by atoms with E-state index >= 15 is 0 Å². The van der Waals surface area contributed by atoms with Crippen molar-refractivity contribution in [2.75, 3.05) is 0 Å². The van der Waals surface area contributed by atoms with E-state index in [1.54, 1.807) is 0 Å². The summed E-state index contributed by atoms with van der Waals surface area (Å²) in [4.78, 5) is 0. The summed E-state index contributed by atoms with van der Waals surface area (Å²) in [6, 6.07) is 51.4. The van der Waals surface area contributed by atoms with E-state index in [1.807, 2.05) is 24.3 Å². The molecule has 0 radical (unpaired) electrons. The Morgan fingerprint density at radius 1 is 0.400 bits per heavy atom. The highest BCUT2D eigenvalue weighted by molar-refractivity contribution is 6.12. The summed E-state index contributed by atoms with van der Waals surface area (Å²) >= 11 is 0. The molecule has 0 saturated heterocycles. The molecular weight excluding hydrogens is 486 g/mol. The largest absolute Gasteiger partial charge is 0.309 e. The van der Waals surface area contributed by atoms with Gasteiger partial charge in [-0.1, -0.05) is 72.8 Å². The molecule has 0 aliphatic rings. The smallest absolute Gasteiger partial charge is 0.0991 e. The van der Waals surface area contributed by atoms with Gasteiger partial charge in [-0.2, -0.15) is 5.26 Å². The van der Waals surface area contributed by atoms with Crippen LogP contribution in [0.1, 0.15) is 5.56 Å². The topological polar surface area (TPSA) is 33.6 Å². The lowest BCUT2D eigenvalue weighted by molar-refractivity contribution is 1.18. The maximum atomic E-state index is 9.27. The van der Waals surface area contributed by atoms with Gasteiger partial charge in [-0.25, -0.2) is 0 Å². The standard InChI is InChI=1S/C37H23N3/c38-24-25-14-18-29(19-15-25)39-35-13-7-5-11-31(35)33-22-26(17-21-36(33)39)27-16-20-32-30-10-4-6-12-34(30)40(37(32)23-27)28-8-2-1-3-9-28/h1-23H. The van der Waals surface area contributed by atoms with Crippen molar-refractivity contribution in [3.63, 3.8) is 0 Å². The number of fused-ring (bicyclic) bond motifs is 6. The fraction of sp³-hybridized carbons (Fsp3) is 0. The molecule has 40 heavy (non-hydrogen) atoms. The van der Waals surface area contributed by atoms with Crippen LogP contribution in [0.3, 0.4) is 0 Å². The van der Waals surface area contributed by atoms with E-state index in [1.165, 1.54) is 43.7 Å². The number of para-hydroxylation sites is 3. The lowest BCUT2D eigenvalue weighted by Gasteiger charge is -2.10. The molecule has 6 aromatic carbocycles. The molecule has 0 saturated carbocycles. The number of hydrogen-bond acceptors (Lipinski definition) is 1. The van der Waals surface area contributed by atoms with Gasteiger partial charge in [0.25, 0.3) is 0 Å². The first-order chi connectivity index (χ1) is 19.8. The van der Waals surface area contributed by atoms with Crippen molar-refractivity contribution in [3.05, 3.63) is 145 Å². The minimum atomic E-state index is 0.662. The predicted molar refractivity (Wildman–Crippen MR) is 165 cm³/mol. The Bertz CT molecular complexity index is 2260. The number of nitrogens with zero attached hydrogens (tertiary/aromatic N) is 3. The van der Waals surface area contributed by atoms with Crippen molar-refractivity contribution in [3.8, 4) is 28.6 Å². The summed E-state index contributed by atoms with van der Waals surface area (Å²) < 4.78 is 4.65. The quantitative estimate of drug-likeness (QED) is 0.233. The summed E-state index contributed by atoms with van der Waals surface area (Å²) in [6.45, 7) is 0. The maximum Gasteiger partial charge on any atom is 0.0991 e. The molecule has 8 rings (SSSR count). The monoisotopic (exact) mass is 509 g/mol. The van der Waals surface area contributed by atoms with Gasteiger partial charge in [0, 0.05) is 32.9 Å². The number of benzene rings is 6. The molecule has 0 unspecified atom stereocenters. The van der Waals surface area contributed by atoms with Gasteiger partial charge in [-0.15, -0.1) is 0 Å².